The Morgan fingerprint density at radius 3 is 3.00 bits per heavy atom. The van der Waals surface area contributed by atoms with Gasteiger partial charge in [-0.3, -0.25) is 4.68 Å². The number of nitrogens with zero attached hydrogens (tertiary/aromatic N) is 5. The van der Waals surface area contributed by atoms with Gasteiger partial charge in [0.2, 0.25) is 0 Å². The normalized spacial score (nSPS) is 13.3. The fraction of sp³-hybridized carbons (Fsp3) is 0.278. The molecule has 1 aromatic carbocycles. The summed E-state index contributed by atoms with van der Waals surface area (Å²) in [7, 11) is 0. The number of hydrogen-bond donors (Lipinski definition) is 1. The molecule has 0 spiro atoms. The molecule has 1 aliphatic rings. The van der Waals surface area contributed by atoms with Gasteiger partial charge in [0, 0.05) is 24.5 Å². The lowest BCUT2D eigenvalue weighted by Crippen LogP contribution is -2.36. The van der Waals surface area contributed by atoms with Gasteiger partial charge in [0.1, 0.15) is 17.8 Å². The summed E-state index contributed by atoms with van der Waals surface area (Å²) in [4.78, 5) is 14.3. The number of fused-ring (bicyclic) bond motifs is 1. The molecule has 0 fully saturated rings. The zero-order chi connectivity index (χ0) is 18.1. The first-order valence-electron chi connectivity index (χ1n) is 8.46. The molecule has 0 saturated heterocycles. The Hall–Kier alpha value is -3.03. The predicted octanol–water partition coefficient (Wildman–Crippen LogP) is 1.64. The van der Waals surface area contributed by atoms with Crippen LogP contribution < -0.4 is 10.8 Å². The van der Waals surface area contributed by atoms with Crippen LogP contribution in [0.5, 0.6) is 0 Å². The Bertz CT molecular complexity index is 1050. The number of halogens is 2. The average Bonchev–Trinajstić information content (AvgIpc) is 3.25. The second-order valence-corrected chi connectivity index (χ2v) is 6.20. The van der Waals surface area contributed by atoms with Crippen LogP contribution in [0.2, 0.25) is 0 Å². The molecule has 4 rings (SSSR count). The van der Waals surface area contributed by atoms with Crippen LogP contribution in [-0.4, -0.2) is 37.9 Å². The second-order valence-electron chi connectivity index (χ2n) is 6.20. The van der Waals surface area contributed by atoms with Crippen molar-refractivity contribution in [2.75, 3.05) is 13.2 Å². The number of nitrogens with one attached hydrogen (secondary N) is 1. The summed E-state index contributed by atoms with van der Waals surface area (Å²) in [6.07, 6.45) is 6.46. The zero-order valence-electron chi connectivity index (χ0n) is 14.3. The van der Waals surface area contributed by atoms with Crippen molar-refractivity contribution in [3.8, 4) is 11.4 Å². The van der Waals surface area contributed by atoms with E-state index in [1.54, 1.807) is 23.1 Å². The van der Waals surface area contributed by atoms with Gasteiger partial charge in [-0.25, -0.2) is 18.8 Å². The Morgan fingerprint density at radius 1 is 1.27 bits per heavy atom. The van der Waals surface area contributed by atoms with Gasteiger partial charge in [-0.2, -0.15) is 5.10 Å². The van der Waals surface area contributed by atoms with Crippen LogP contribution in [0.4, 0.5) is 8.78 Å². The third-order valence-corrected chi connectivity index (χ3v) is 4.21. The lowest BCUT2D eigenvalue weighted by Gasteiger charge is -2.17. The molecule has 0 bridgehead atoms. The van der Waals surface area contributed by atoms with Gasteiger partial charge in [-0.1, -0.05) is 19.1 Å². The number of aromatic amines is 1. The zero-order valence-corrected chi connectivity index (χ0v) is 14.3. The Labute approximate surface area is 148 Å². The van der Waals surface area contributed by atoms with Crippen LogP contribution in [0.3, 0.4) is 0 Å². The summed E-state index contributed by atoms with van der Waals surface area (Å²) in [6, 6.07) is 4.13. The van der Waals surface area contributed by atoms with Crippen LogP contribution in [0.15, 0.2) is 35.6 Å². The maximum absolute atomic E-state index is 13.8. The standard InChI is InChI=1S/C18H18F2N6/c1-2-6-25-10-15-18(21-11-25)24-17(23-15)13-7-22-26(9-13)8-12-4-3-5-14(19)16(12)20/h3-5,7,9-10H,2,6,8,11H2,1H3,(H,21,23,24). The van der Waals surface area contributed by atoms with E-state index in [4.69, 9.17) is 0 Å². The summed E-state index contributed by atoms with van der Waals surface area (Å²) in [5, 5.41) is 5.09. The third-order valence-electron chi connectivity index (χ3n) is 4.21. The van der Waals surface area contributed by atoms with E-state index in [2.05, 4.69) is 31.9 Å². The van der Waals surface area contributed by atoms with E-state index >= 15 is 0 Å². The highest BCUT2D eigenvalue weighted by molar-refractivity contribution is 5.52. The first kappa shape index (κ1) is 16.4. The van der Waals surface area contributed by atoms with Crippen LogP contribution in [0.25, 0.3) is 17.6 Å². The van der Waals surface area contributed by atoms with Crippen molar-refractivity contribution in [1.82, 2.24) is 24.6 Å². The van der Waals surface area contributed by atoms with E-state index in [9.17, 15) is 8.78 Å². The molecule has 1 aliphatic heterocycles. The molecule has 3 aromatic rings. The first-order valence-corrected chi connectivity index (χ1v) is 8.46. The van der Waals surface area contributed by atoms with Crippen LogP contribution in [0.1, 0.15) is 18.9 Å². The van der Waals surface area contributed by atoms with Crippen molar-refractivity contribution in [2.24, 2.45) is 4.99 Å². The minimum atomic E-state index is -0.859. The van der Waals surface area contributed by atoms with Crippen molar-refractivity contribution < 1.29 is 8.78 Å². The Morgan fingerprint density at radius 2 is 2.15 bits per heavy atom. The molecule has 8 heteroatoms. The number of benzene rings is 1. The van der Waals surface area contributed by atoms with E-state index in [0.717, 1.165) is 29.9 Å². The molecular weight excluding hydrogens is 338 g/mol. The van der Waals surface area contributed by atoms with Gasteiger partial charge in [-0.05, 0) is 12.5 Å². The van der Waals surface area contributed by atoms with E-state index in [1.165, 1.54) is 6.07 Å². The lowest BCUT2D eigenvalue weighted by atomic mass is 10.2. The first-order chi connectivity index (χ1) is 12.6. The number of hydrogen-bond acceptors (Lipinski definition) is 4. The van der Waals surface area contributed by atoms with Gasteiger partial charge < -0.3 is 9.88 Å². The number of H-pyrrole nitrogens is 1. The molecule has 2 aromatic heterocycles. The van der Waals surface area contributed by atoms with Crippen LogP contribution in [0, 0.1) is 11.6 Å². The molecule has 0 atom stereocenters. The minimum absolute atomic E-state index is 0.144. The molecule has 6 nitrogen and oxygen atoms in total. The fourth-order valence-electron chi connectivity index (χ4n) is 2.95. The summed E-state index contributed by atoms with van der Waals surface area (Å²) in [6.45, 7) is 3.81. The third kappa shape index (κ3) is 3.10. The monoisotopic (exact) mass is 356 g/mol. The Balaban J connectivity index is 1.60. The molecular formula is C18H18F2N6. The number of imidazole rings is 1. The molecule has 0 aliphatic carbocycles. The molecule has 26 heavy (non-hydrogen) atoms. The van der Waals surface area contributed by atoms with E-state index < -0.39 is 11.6 Å². The highest BCUT2D eigenvalue weighted by Crippen LogP contribution is 2.15. The van der Waals surface area contributed by atoms with Crippen molar-refractivity contribution in [1.29, 1.82) is 0 Å². The summed E-state index contributed by atoms with van der Waals surface area (Å²) in [5.74, 6) is -1.05. The largest absolute Gasteiger partial charge is 0.356 e. The van der Waals surface area contributed by atoms with Gasteiger partial charge in [0.15, 0.2) is 17.1 Å². The summed E-state index contributed by atoms with van der Waals surface area (Å²) < 4.78 is 28.7. The van der Waals surface area contributed by atoms with E-state index in [-0.39, 0.29) is 12.1 Å². The fourth-order valence-corrected chi connectivity index (χ4v) is 2.95. The molecule has 3 heterocycles. The highest BCUT2D eigenvalue weighted by atomic mass is 19.2. The van der Waals surface area contributed by atoms with Gasteiger partial charge in [-0.15, -0.1) is 0 Å². The van der Waals surface area contributed by atoms with Crippen LogP contribution >= 0.6 is 0 Å². The smallest absolute Gasteiger partial charge is 0.176 e. The van der Waals surface area contributed by atoms with Crippen molar-refractivity contribution in [2.45, 2.75) is 19.9 Å². The molecule has 134 valence electrons. The molecule has 0 saturated carbocycles. The van der Waals surface area contributed by atoms with Crippen LogP contribution in [-0.2, 0) is 6.54 Å². The van der Waals surface area contributed by atoms with Crippen molar-refractivity contribution in [3.63, 3.8) is 0 Å². The highest BCUT2D eigenvalue weighted by Gasteiger charge is 2.12. The second kappa shape index (κ2) is 6.70. The predicted molar refractivity (Wildman–Crippen MR) is 92.4 cm³/mol. The van der Waals surface area contributed by atoms with Gasteiger partial charge >= 0.3 is 0 Å². The Kier molecular flexibility index (Phi) is 4.24. The summed E-state index contributed by atoms with van der Waals surface area (Å²) >= 11 is 0. The topological polar surface area (TPSA) is 62.1 Å². The number of aromatic nitrogens is 4. The summed E-state index contributed by atoms with van der Waals surface area (Å²) in [5.41, 5.74) is 1.69. The maximum atomic E-state index is 13.8. The van der Waals surface area contributed by atoms with Crippen molar-refractivity contribution in [3.05, 3.63) is 58.6 Å². The molecule has 1 N–H and O–H groups in total. The van der Waals surface area contributed by atoms with E-state index in [0.29, 0.717) is 18.0 Å². The lowest BCUT2D eigenvalue weighted by molar-refractivity contribution is 0.410. The SMILES string of the molecule is CCCN1C=c2[nH]c(-c3cnn(Cc4cccc(F)c4F)c3)nc2=NC1. The maximum Gasteiger partial charge on any atom is 0.176 e. The minimum Gasteiger partial charge on any atom is -0.356 e. The molecule has 0 amide bonds. The van der Waals surface area contributed by atoms with Gasteiger partial charge in [0.25, 0.3) is 0 Å². The van der Waals surface area contributed by atoms with Crippen molar-refractivity contribution >= 4 is 6.20 Å². The molecule has 0 radical (unpaired) electrons. The molecule has 0 unspecified atom stereocenters. The quantitative estimate of drug-likeness (QED) is 0.756. The van der Waals surface area contributed by atoms with E-state index in [1.807, 2.05) is 6.20 Å². The number of rotatable bonds is 5. The average molecular weight is 356 g/mol. The van der Waals surface area contributed by atoms with Gasteiger partial charge in [0.05, 0.1) is 18.3 Å².